The molecule has 15 heavy (non-hydrogen) atoms. The quantitative estimate of drug-likeness (QED) is 0.728. The van der Waals surface area contributed by atoms with Crippen LogP contribution < -0.4 is 10.5 Å². The molecule has 3 N–H and O–H groups in total. The third kappa shape index (κ3) is 2.27. The van der Waals surface area contributed by atoms with Crippen molar-refractivity contribution in [3.8, 4) is 11.5 Å². The highest BCUT2D eigenvalue weighted by atomic mass is 16.5. The Labute approximate surface area is 88.7 Å². The van der Waals surface area contributed by atoms with Crippen molar-refractivity contribution in [3.63, 3.8) is 0 Å². The molecule has 0 spiro atoms. The lowest BCUT2D eigenvalue weighted by molar-refractivity contribution is 0.0998. The maximum absolute atomic E-state index is 11.4. The first-order valence-corrected chi connectivity index (χ1v) is 4.77. The number of phenolic OH excluding ortho intramolecular Hbond substituents is 1. The van der Waals surface area contributed by atoms with Crippen molar-refractivity contribution in [2.24, 2.45) is 5.73 Å². The fourth-order valence-electron chi connectivity index (χ4n) is 1.35. The molecule has 0 aromatic heterocycles. The van der Waals surface area contributed by atoms with Crippen LogP contribution >= 0.6 is 0 Å². The Morgan fingerprint density at radius 1 is 1.53 bits per heavy atom. The molecule has 0 unspecified atom stereocenters. The summed E-state index contributed by atoms with van der Waals surface area (Å²) < 4.78 is 4.98. The van der Waals surface area contributed by atoms with Gasteiger partial charge in [-0.1, -0.05) is 6.92 Å². The molecule has 0 aliphatic rings. The zero-order chi connectivity index (χ0) is 11.4. The van der Waals surface area contributed by atoms with Crippen molar-refractivity contribution in [3.05, 3.63) is 23.3 Å². The lowest BCUT2D eigenvalue weighted by Gasteiger charge is -2.09. The summed E-state index contributed by atoms with van der Waals surface area (Å²) in [7, 11) is 1.45. The molecule has 0 radical (unpaired) electrons. The van der Waals surface area contributed by atoms with Gasteiger partial charge in [-0.2, -0.15) is 0 Å². The number of phenols is 1. The van der Waals surface area contributed by atoms with E-state index in [1.807, 2.05) is 6.92 Å². The van der Waals surface area contributed by atoms with E-state index in [2.05, 4.69) is 0 Å². The van der Waals surface area contributed by atoms with Gasteiger partial charge in [-0.15, -0.1) is 0 Å². The number of carbonyl (C=O) groups excluding carboxylic acids is 1. The highest BCUT2D eigenvalue weighted by molar-refractivity contribution is 6.00. The van der Waals surface area contributed by atoms with Crippen molar-refractivity contribution < 1.29 is 14.6 Å². The largest absolute Gasteiger partial charge is 0.504 e. The molecule has 1 rings (SSSR count). The van der Waals surface area contributed by atoms with Gasteiger partial charge < -0.3 is 15.6 Å². The number of nitrogens with two attached hydrogens (primary N) is 1. The van der Waals surface area contributed by atoms with Crippen LogP contribution in [0.15, 0.2) is 12.1 Å². The van der Waals surface area contributed by atoms with Gasteiger partial charge in [-0.3, -0.25) is 4.79 Å². The Morgan fingerprint density at radius 3 is 2.67 bits per heavy atom. The van der Waals surface area contributed by atoms with E-state index in [0.717, 1.165) is 12.0 Å². The number of methoxy groups -OCH3 is 1. The molecule has 0 saturated heterocycles. The maximum atomic E-state index is 11.4. The normalized spacial score (nSPS) is 10.1. The van der Waals surface area contributed by atoms with E-state index in [-0.39, 0.29) is 23.6 Å². The predicted molar refractivity (Wildman–Crippen MR) is 57.4 cm³/mol. The number of carbonyl (C=O) groups is 1. The fourth-order valence-corrected chi connectivity index (χ4v) is 1.35. The van der Waals surface area contributed by atoms with Crippen molar-refractivity contribution in [1.82, 2.24) is 0 Å². The van der Waals surface area contributed by atoms with E-state index >= 15 is 0 Å². The van der Waals surface area contributed by atoms with Crippen LogP contribution in [0, 0.1) is 0 Å². The Kier molecular flexibility index (Phi) is 3.68. The van der Waals surface area contributed by atoms with E-state index in [9.17, 15) is 9.90 Å². The highest BCUT2D eigenvalue weighted by Gasteiger charge is 2.15. The molecule has 0 fully saturated rings. The van der Waals surface area contributed by atoms with Crippen molar-refractivity contribution in [2.75, 3.05) is 13.7 Å². The molecule has 1 aromatic carbocycles. The number of rotatable bonds is 4. The van der Waals surface area contributed by atoms with Crippen LogP contribution in [0.25, 0.3) is 0 Å². The Balaban J connectivity index is 3.30. The number of Topliss-reactive ketones (excluding diaryl/α,β-unsaturated/α-hetero) is 1. The van der Waals surface area contributed by atoms with Crippen molar-refractivity contribution >= 4 is 5.78 Å². The summed E-state index contributed by atoms with van der Waals surface area (Å²) in [6.07, 6.45) is 0.765. The van der Waals surface area contributed by atoms with Gasteiger partial charge >= 0.3 is 0 Å². The molecule has 1 aromatic rings. The number of benzene rings is 1. The van der Waals surface area contributed by atoms with Crippen LogP contribution in [0.4, 0.5) is 0 Å². The van der Waals surface area contributed by atoms with E-state index in [1.165, 1.54) is 7.11 Å². The lowest BCUT2D eigenvalue weighted by Crippen LogP contribution is -2.14. The van der Waals surface area contributed by atoms with Crippen molar-refractivity contribution in [1.29, 1.82) is 0 Å². The summed E-state index contributed by atoms with van der Waals surface area (Å²) in [4.78, 5) is 11.4. The number of ether oxygens (including phenoxy) is 1. The van der Waals surface area contributed by atoms with E-state index in [0.29, 0.717) is 5.75 Å². The number of aryl methyl sites for hydroxylation is 1. The summed E-state index contributed by atoms with van der Waals surface area (Å²) in [5, 5.41) is 9.71. The van der Waals surface area contributed by atoms with E-state index < -0.39 is 0 Å². The second-order valence-corrected chi connectivity index (χ2v) is 3.18. The average Bonchev–Trinajstić information content (AvgIpc) is 2.28. The zero-order valence-corrected chi connectivity index (χ0v) is 8.91. The third-order valence-corrected chi connectivity index (χ3v) is 2.25. The average molecular weight is 209 g/mol. The summed E-state index contributed by atoms with van der Waals surface area (Å²) in [6.45, 7) is 1.84. The molecule has 0 aliphatic carbocycles. The summed E-state index contributed by atoms with van der Waals surface area (Å²) in [5.74, 6) is -0.114. The smallest absolute Gasteiger partial charge is 0.180 e. The Hall–Kier alpha value is -1.55. The first-order valence-electron chi connectivity index (χ1n) is 4.77. The molecule has 0 saturated carbocycles. The SMILES string of the molecule is CCc1cc(OC)c(O)c(C(=O)CN)c1. The Bertz CT molecular complexity index is 374. The van der Waals surface area contributed by atoms with Crippen LogP contribution in [-0.2, 0) is 6.42 Å². The highest BCUT2D eigenvalue weighted by Crippen LogP contribution is 2.31. The molecular formula is C11H15NO3. The molecule has 0 atom stereocenters. The monoisotopic (exact) mass is 209 g/mol. The first-order chi connectivity index (χ1) is 7.13. The Morgan fingerprint density at radius 2 is 2.20 bits per heavy atom. The minimum Gasteiger partial charge on any atom is -0.504 e. The second kappa shape index (κ2) is 4.79. The van der Waals surface area contributed by atoms with Crippen LogP contribution in [0.2, 0.25) is 0 Å². The molecule has 4 nitrogen and oxygen atoms in total. The molecule has 0 aliphatic heterocycles. The predicted octanol–water partition coefficient (Wildman–Crippen LogP) is 1.10. The first kappa shape index (κ1) is 11.5. The van der Waals surface area contributed by atoms with E-state index in [1.54, 1.807) is 12.1 Å². The van der Waals surface area contributed by atoms with Gasteiger partial charge in [0.05, 0.1) is 19.2 Å². The number of hydrogen-bond acceptors (Lipinski definition) is 4. The maximum Gasteiger partial charge on any atom is 0.180 e. The van der Waals surface area contributed by atoms with Crippen LogP contribution in [0.5, 0.6) is 11.5 Å². The molecule has 4 heteroatoms. The van der Waals surface area contributed by atoms with Crippen LogP contribution in [-0.4, -0.2) is 24.5 Å². The minimum atomic E-state index is -0.291. The second-order valence-electron chi connectivity index (χ2n) is 3.18. The summed E-state index contributed by atoms with van der Waals surface area (Å²) >= 11 is 0. The zero-order valence-electron chi connectivity index (χ0n) is 8.91. The third-order valence-electron chi connectivity index (χ3n) is 2.25. The van der Waals surface area contributed by atoms with E-state index in [4.69, 9.17) is 10.5 Å². The number of hydrogen-bond donors (Lipinski definition) is 2. The molecule has 0 heterocycles. The van der Waals surface area contributed by atoms with Gasteiger partial charge in [-0.25, -0.2) is 0 Å². The number of ketones is 1. The fraction of sp³-hybridized carbons (Fsp3) is 0.364. The molecule has 0 bridgehead atoms. The molecule has 0 amide bonds. The summed E-state index contributed by atoms with van der Waals surface area (Å²) in [6, 6.07) is 3.36. The summed E-state index contributed by atoms with van der Waals surface area (Å²) in [5.41, 5.74) is 6.42. The standard InChI is InChI=1S/C11H15NO3/c1-3-7-4-8(9(13)6-12)11(14)10(5-7)15-2/h4-5,14H,3,6,12H2,1-2H3. The van der Waals surface area contributed by atoms with Gasteiger partial charge in [0.25, 0.3) is 0 Å². The van der Waals surface area contributed by atoms with Gasteiger partial charge in [0, 0.05) is 0 Å². The topological polar surface area (TPSA) is 72.5 Å². The van der Waals surface area contributed by atoms with Gasteiger partial charge in [0.1, 0.15) is 0 Å². The van der Waals surface area contributed by atoms with Crippen LogP contribution in [0.3, 0.4) is 0 Å². The van der Waals surface area contributed by atoms with Gasteiger partial charge in [-0.05, 0) is 24.1 Å². The molecule has 82 valence electrons. The lowest BCUT2D eigenvalue weighted by atomic mass is 10.0. The van der Waals surface area contributed by atoms with Gasteiger partial charge in [0.2, 0.25) is 0 Å². The van der Waals surface area contributed by atoms with Crippen LogP contribution in [0.1, 0.15) is 22.8 Å². The number of aromatic hydroxyl groups is 1. The molecular weight excluding hydrogens is 194 g/mol. The minimum absolute atomic E-state index is 0.121. The van der Waals surface area contributed by atoms with Gasteiger partial charge in [0.15, 0.2) is 17.3 Å². The van der Waals surface area contributed by atoms with Crippen molar-refractivity contribution in [2.45, 2.75) is 13.3 Å².